The summed E-state index contributed by atoms with van der Waals surface area (Å²) in [7, 11) is 5.62. The molecule has 0 N–H and O–H groups in total. The van der Waals surface area contributed by atoms with Gasteiger partial charge in [-0.15, -0.1) is 0 Å². The summed E-state index contributed by atoms with van der Waals surface area (Å²) in [6.45, 7) is 3.08. The number of hydrogen-bond acceptors (Lipinski definition) is 5. The van der Waals surface area contributed by atoms with Gasteiger partial charge in [0.15, 0.2) is 5.82 Å². The van der Waals surface area contributed by atoms with Crippen LogP contribution in [-0.2, 0) is 24.9 Å². The van der Waals surface area contributed by atoms with Gasteiger partial charge < -0.3 is 14.2 Å². The maximum Gasteiger partial charge on any atom is 0.156 e. The van der Waals surface area contributed by atoms with Crippen molar-refractivity contribution in [1.82, 2.24) is 19.5 Å². The van der Waals surface area contributed by atoms with Gasteiger partial charge in [-0.25, -0.2) is 15.0 Å². The second kappa shape index (κ2) is 5.79. The van der Waals surface area contributed by atoms with E-state index in [9.17, 15) is 0 Å². The monoisotopic (exact) mass is 261 g/mol. The van der Waals surface area contributed by atoms with Crippen LogP contribution in [0.5, 0.6) is 0 Å². The molecule has 0 bridgehead atoms. The van der Waals surface area contributed by atoms with Crippen LogP contribution < -0.4 is 4.90 Å². The SMILES string of the molecule is COCc1nc(C)cc(N(C)Cc2nccn2C)n1. The third-order valence-electron chi connectivity index (χ3n) is 2.85. The molecule has 19 heavy (non-hydrogen) atoms. The lowest BCUT2D eigenvalue weighted by molar-refractivity contribution is 0.177. The van der Waals surface area contributed by atoms with E-state index in [0.29, 0.717) is 19.0 Å². The minimum absolute atomic E-state index is 0.422. The maximum absolute atomic E-state index is 5.08. The van der Waals surface area contributed by atoms with Crippen LogP contribution in [0.15, 0.2) is 18.5 Å². The van der Waals surface area contributed by atoms with Gasteiger partial charge in [-0.2, -0.15) is 0 Å². The number of hydrogen-bond donors (Lipinski definition) is 0. The molecule has 0 aliphatic rings. The van der Waals surface area contributed by atoms with E-state index in [0.717, 1.165) is 17.3 Å². The molecule has 0 aromatic carbocycles. The van der Waals surface area contributed by atoms with Crippen molar-refractivity contribution in [2.24, 2.45) is 7.05 Å². The van der Waals surface area contributed by atoms with Crippen LogP contribution in [0.1, 0.15) is 17.3 Å². The van der Waals surface area contributed by atoms with E-state index in [2.05, 4.69) is 19.9 Å². The Morgan fingerprint density at radius 2 is 2.16 bits per heavy atom. The number of imidazole rings is 1. The van der Waals surface area contributed by atoms with E-state index in [1.807, 2.05) is 37.8 Å². The van der Waals surface area contributed by atoms with E-state index in [1.54, 1.807) is 13.3 Å². The van der Waals surface area contributed by atoms with Gasteiger partial charge >= 0.3 is 0 Å². The molecule has 0 saturated heterocycles. The van der Waals surface area contributed by atoms with Crippen molar-refractivity contribution in [3.05, 3.63) is 35.8 Å². The highest BCUT2D eigenvalue weighted by atomic mass is 16.5. The maximum atomic E-state index is 5.08. The van der Waals surface area contributed by atoms with Crippen LogP contribution >= 0.6 is 0 Å². The van der Waals surface area contributed by atoms with Crippen LogP contribution in [0.2, 0.25) is 0 Å². The van der Waals surface area contributed by atoms with E-state index in [4.69, 9.17) is 4.74 Å². The van der Waals surface area contributed by atoms with Gasteiger partial charge in [0.25, 0.3) is 0 Å². The first-order chi connectivity index (χ1) is 9.10. The first-order valence-electron chi connectivity index (χ1n) is 6.11. The number of ether oxygens (including phenoxy) is 1. The van der Waals surface area contributed by atoms with Crippen molar-refractivity contribution in [2.45, 2.75) is 20.1 Å². The molecule has 0 atom stereocenters. The average Bonchev–Trinajstić information content (AvgIpc) is 2.75. The summed E-state index contributed by atoms with van der Waals surface area (Å²) < 4.78 is 7.08. The summed E-state index contributed by atoms with van der Waals surface area (Å²) in [4.78, 5) is 15.2. The number of methoxy groups -OCH3 is 1. The predicted molar refractivity (Wildman–Crippen MR) is 72.8 cm³/mol. The summed E-state index contributed by atoms with van der Waals surface area (Å²) in [6, 6.07) is 1.96. The second-order valence-electron chi connectivity index (χ2n) is 4.53. The van der Waals surface area contributed by atoms with E-state index >= 15 is 0 Å². The first kappa shape index (κ1) is 13.5. The Kier molecular flexibility index (Phi) is 4.11. The summed E-state index contributed by atoms with van der Waals surface area (Å²) >= 11 is 0. The molecule has 0 amide bonds. The Balaban J connectivity index is 2.18. The van der Waals surface area contributed by atoms with E-state index in [-0.39, 0.29) is 0 Å². The Morgan fingerprint density at radius 1 is 1.37 bits per heavy atom. The molecule has 6 heteroatoms. The number of anilines is 1. The molecule has 0 aliphatic carbocycles. The normalized spacial score (nSPS) is 10.7. The van der Waals surface area contributed by atoms with Crippen molar-refractivity contribution < 1.29 is 4.74 Å². The van der Waals surface area contributed by atoms with Crippen molar-refractivity contribution >= 4 is 5.82 Å². The Hall–Kier alpha value is -1.95. The number of aryl methyl sites for hydroxylation is 2. The third-order valence-corrected chi connectivity index (χ3v) is 2.85. The zero-order valence-corrected chi connectivity index (χ0v) is 11.8. The Bertz CT molecular complexity index is 552. The second-order valence-corrected chi connectivity index (χ2v) is 4.53. The zero-order chi connectivity index (χ0) is 13.8. The fraction of sp³-hybridized carbons (Fsp3) is 0.462. The molecule has 2 aromatic heterocycles. The Labute approximate surface area is 113 Å². The highest BCUT2D eigenvalue weighted by Crippen LogP contribution is 2.13. The summed E-state index contributed by atoms with van der Waals surface area (Å²) in [6.07, 6.45) is 3.73. The van der Waals surface area contributed by atoms with Gasteiger partial charge in [-0.05, 0) is 6.92 Å². The van der Waals surface area contributed by atoms with Crippen LogP contribution in [0.3, 0.4) is 0 Å². The number of nitrogens with zero attached hydrogens (tertiary/aromatic N) is 5. The lowest BCUT2D eigenvalue weighted by Gasteiger charge is -2.18. The van der Waals surface area contributed by atoms with E-state index < -0.39 is 0 Å². The van der Waals surface area contributed by atoms with Crippen LogP contribution in [0, 0.1) is 6.92 Å². The highest BCUT2D eigenvalue weighted by molar-refractivity contribution is 5.38. The van der Waals surface area contributed by atoms with Gasteiger partial charge in [0, 0.05) is 45.4 Å². The molecule has 0 saturated carbocycles. The van der Waals surface area contributed by atoms with E-state index in [1.165, 1.54) is 0 Å². The van der Waals surface area contributed by atoms with Crippen LogP contribution in [0.4, 0.5) is 5.82 Å². The van der Waals surface area contributed by atoms with Gasteiger partial charge in [-0.3, -0.25) is 0 Å². The summed E-state index contributed by atoms with van der Waals surface area (Å²) in [5.74, 6) is 2.57. The average molecular weight is 261 g/mol. The third kappa shape index (κ3) is 3.29. The molecule has 6 nitrogen and oxygen atoms in total. The van der Waals surface area contributed by atoms with Crippen molar-refractivity contribution in [1.29, 1.82) is 0 Å². The smallest absolute Gasteiger partial charge is 0.156 e. The molecule has 0 spiro atoms. The van der Waals surface area contributed by atoms with Crippen LogP contribution in [0.25, 0.3) is 0 Å². The molecule has 102 valence electrons. The molecular formula is C13H19N5O. The zero-order valence-electron chi connectivity index (χ0n) is 11.8. The topological polar surface area (TPSA) is 56.1 Å². The molecule has 0 fully saturated rings. The number of rotatable bonds is 5. The van der Waals surface area contributed by atoms with Gasteiger partial charge in [-0.1, -0.05) is 0 Å². The quantitative estimate of drug-likeness (QED) is 0.812. The summed E-state index contributed by atoms with van der Waals surface area (Å²) in [5.41, 5.74) is 0.934. The molecule has 0 radical (unpaired) electrons. The van der Waals surface area contributed by atoms with Gasteiger partial charge in [0.05, 0.1) is 6.54 Å². The Morgan fingerprint density at radius 3 is 2.79 bits per heavy atom. The number of aromatic nitrogens is 4. The predicted octanol–water partition coefficient (Wildman–Crippen LogP) is 1.30. The lowest BCUT2D eigenvalue weighted by atomic mass is 10.4. The molecule has 2 aromatic rings. The fourth-order valence-electron chi connectivity index (χ4n) is 1.84. The largest absolute Gasteiger partial charge is 0.377 e. The first-order valence-corrected chi connectivity index (χ1v) is 6.11. The fourth-order valence-corrected chi connectivity index (χ4v) is 1.84. The van der Waals surface area contributed by atoms with Gasteiger partial charge in [0.1, 0.15) is 18.2 Å². The minimum Gasteiger partial charge on any atom is -0.377 e. The molecule has 0 aliphatic heterocycles. The van der Waals surface area contributed by atoms with Crippen molar-refractivity contribution in [3.8, 4) is 0 Å². The molecule has 2 heterocycles. The highest BCUT2D eigenvalue weighted by Gasteiger charge is 2.09. The van der Waals surface area contributed by atoms with Gasteiger partial charge in [0.2, 0.25) is 0 Å². The standard InChI is InChI=1S/C13H19N5O/c1-10-7-12(16-11(15-10)9-19-4)18(3)8-13-14-5-6-17(13)2/h5-7H,8-9H2,1-4H3. The summed E-state index contributed by atoms with van der Waals surface area (Å²) in [5, 5.41) is 0. The molecule has 0 unspecified atom stereocenters. The van der Waals surface area contributed by atoms with Crippen molar-refractivity contribution in [2.75, 3.05) is 19.1 Å². The molecule has 2 rings (SSSR count). The van der Waals surface area contributed by atoms with Crippen LogP contribution in [-0.4, -0.2) is 33.7 Å². The minimum atomic E-state index is 0.422. The van der Waals surface area contributed by atoms with Crippen molar-refractivity contribution in [3.63, 3.8) is 0 Å². The molecular weight excluding hydrogens is 242 g/mol. The lowest BCUT2D eigenvalue weighted by Crippen LogP contribution is -2.21.